The Morgan fingerprint density at radius 2 is 2.00 bits per heavy atom. The highest BCUT2D eigenvalue weighted by atomic mass is 16.2. The summed E-state index contributed by atoms with van der Waals surface area (Å²) in [6.07, 6.45) is 3.23. The second-order valence-corrected chi connectivity index (χ2v) is 2.53. The summed E-state index contributed by atoms with van der Waals surface area (Å²) in [6.45, 7) is 0.321. The molecule has 0 saturated heterocycles. The number of hydrogen-bond donors (Lipinski definition) is 3. The summed E-state index contributed by atoms with van der Waals surface area (Å²) in [4.78, 5) is 25.0. The van der Waals surface area contributed by atoms with Gasteiger partial charge in [-0.1, -0.05) is 0 Å². The Bertz CT molecular complexity index is 325. The minimum atomic E-state index is -0.878. The van der Waals surface area contributed by atoms with Crippen LogP contribution < -0.4 is 16.4 Å². The minimum absolute atomic E-state index is 0.321. The topological polar surface area (TPSA) is 97.1 Å². The Morgan fingerprint density at radius 1 is 1.36 bits per heavy atom. The van der Waals surface area contributed by atoms with E-state index in [1.807, 2.05) is 5.32 Å². The van der Waals surface area contributed by atoms with Crippen molar-refractivity contribution in [2.45, 2.75) is 6.54 Å². The van der Waals surface area contributed by atoms with Crippen molar-refractivity contribution in [1.82, 2.24) is 15.6 Å². The molecular formula is C8H10N4O2. The third-order valence-corrected chi connectivity index (χ3v) is 1.44. The van der Waals surface area contributed by atoms with E-state index in [1.165, 1.54) is 0 Å². The first kappa shape index (κ1) is 9.97. The van der Waals surface area contributed by atoms with Gasteiger partial charge >= 0.3 is 12.1 Å². The number of carbonyl (C=O) groups excluding carboxylic acids is 2. The second kappa shape index (κ2) is 4.80. The number of aromatic nitrogens is 1. The van der Waals surface area contributed by atoms with E-state index in [4.69, 9.17) is 5.73 Å². The van der Waals surface area contributed by atoms with Crippen LogP contribution in [0.1, 0.15) is 5.56 Å². The fourth-order valence-electron chi connectivity index (χ4n) is 0.839. The van der Waals surface area contributed by atoms with E-state index < -0.39 is 12.1 Å². The van der Waals surface area contributed by atoms with Crippen LogP contribution in [-0.2, 0) is 6.54 Å². The van der Waals surface area contributed by atoms with Gasteiger partial charge in [-0.15, -0.1) is 0 Å². The maximum Gasteiger partial charge on any atom is 0.323 e. The molecule has 1 aromatic rings. The van der Waals surface area contributed by atoms with Crippen molar-refractivity contribution in [3.05, 3.63) is 30.1 Å². The molecule has 74 valence electrons. The Hall–Kier alpha value is -2.11. The summed E-state index contributed by atoms with van der Waals surface area (Å²) < 4.78 is 0. The SMILES string of the molecule is NC(=O)NC(=O)NCc1ccncc1. The predicted molar refractivity (Wildman–Crippen MR) is 49.2 cm³/mol. The standard InChI is InChI=1S/C8H10N4O2/c9-7(13)12-8(14)11-5-6-1-3-10-4-2-6/h1-4H,5H2,(H4,9,11,12,13,14). The largest absolute Gasteiger partial charge is 0.351 e. The van der Waals surface area contributed by atoms with Gasteiger partial charge in [0.25, 0.3) is 0 Å². The lowest BCUT2D eigenvalue weighted by molar-refractivity contribution is 0.231. The van der Waals surface area contributed by atoms with Gasteiger partial charge in [0.15, 0.2) is 0 Å². The maximum atomic E-state index is 10.9. The highest BCUT2D eigenvalue weighted by molar-refractivity contribution is 5.92. The van der Waals surface area contributed by atoms with E-state index in [2.05, 4.69) is 10.3 Å². The van der Waals surface area contributed by atoms with Gasteiger partial charge in [-0.2, -0.15) is 0 Å². The normalized spacial score (nSPS) is 9.14. The van der Waals surface area contributed by atoms with Gasteiger partial charge in [-0.25, -0.2) is 9.59 Å². The van der Waals surface area contributed by atoms with Crippen LogP contribution in [0, 0.1) is 0 Å². The van der Waals surface area contributed by atoms with Gasteiger partial charge in [0, 0.05) is 18.9 Å². The average molecular weight is 194 g/mol. The van der Waals surface area contributed by atoms with Crippen molar-refractivity contribution < 1.29 is 9.59 Å². The smallest absolute Gasteiger partial charge is 0.323 e. The molecule has 4 N–H and O–H groups in total. The summed E-state index contributed by atoms with van der Waals surface area (Å²) in [7, 11) is 0. The summed E-state index contributed by atoms with van der Waals surface area (Å²) in [5, 5.41) is 4.34. The monoisotopic (exact) mass is 194 g/mol. The van der Waals surface area contributed by atoms with E-state index in [1.54, 1.807) is 24.5 Å². The van der Waals surface area contributed by atoms with E-state index in [0.29, 0.717) is 6.54 Å². The Kier molecular flexibility index (Phi) is 3.42. The molecule has 0 aromatic carbocycles. The zero-order valence-electron chi connectivity index (χ0n) is 7.36. The first-order chi connectivity index (χ1) is 6.68. The summed E-state index contributed by atoms with van der Waals surface area (Å²) in [6, 6.07) is 2.02. The molecule has 0 aliphatic carbocycles. The van der Waals surface area contributed by atoms with Gasteiger partial charge in [0.1, 0.15) is 0 Å². The number of nitrogens with zero attached hydrogens (tertiary/aromatic N) is 1. The summed E-state index contributed by atoms with van der Waals surface area (Å²) in [5.41, 5.74) is 5.63. The molecule has 0 fully saturated rings. The Morgan fingerprint density at radius 3 is 2.57 bits per heavy atom. The number of amides is 4. The highest BCUT2D eigenvalue weighted by Gasteiger charge is 2.01. The van der Waals surface area contributed by atoms with Crippen LogP contribution in [0.3, 0.4) is 0 Å². The van der Waals surface area contributed by atoms with Crippen molar-refractivity contribution in [3.8, 4) is 0 Å². The molecule has 0 unspecified atom stereocenters. The van der Waals surface area contributed by atoms with E-state index in [0.717, 1.165) is 5.56 Å². The molecule has 4 amide bonds. The molecular weight excluding hydrogens is 184 g/mol. The Balaban J connectivity index is 2.34. The fourth-order valence-corrected chi connectivity index (χ4v) is 0.839. The second-order valence-electron chi connectivity index (χ2n) is 2.53. The van der Waals surface area contributed by atoms with Crippen molar-refractivity contribution in [3.63, 3.8) is 0 Å². The van der Waals surface area contributed by atoms with Crippen molar-refractivity contribution >= 4 is 12.1 Å². The predicted octanol–water partition coefficient (Wildman–Crippen LogP) is -0.0405. The van der Waals surface area contributed by atoms with Gasteiger partial charge < -0.3 is 11.1 Å². The van der Waals surface area contributed by atoms with Gasteiger partial charge in [0.05, 0.1) is 0 Å². The third kappa shape index (κ3) is 3.53. The average Bonchev–Trinajstić information content (AvgIpc) is 2.15. The number of urea groups is 2. The molecule has 1 rings (SSSR count). The Labute approximate surface area is 80.5 Å². The first-order valence-electron chi connectivity index (χ1n) is 3.91. The van der Waals surface area contributed by atoms with E-state index >= 15 is 0 Å². The molecule has 0 bridgehead atoms. The van der Waals surface area contributed by atoms with Crippen LogP contribution >= 0.6 is 0 Å². The van der Waals surface area contributed by atoms with Gasteiger partial charge in [0.2, 0.25) is 0 Å². The minimum Gasteiger partial charge on any atom is -0.351 e. The molecule has 0 aliphatic heterocycles. The van der Waals surface area contributed by atoms with Crippen LogP contribution in [0.4, 0.5) is 9.59 Å². The molecule has 6 heteroatoms. The molecule has 0 aliphatic rings. The zero-order chi connectivity index (χ0) is 10.4. The quantitative estimate of drug-likeness (QED) is 0.616. The number of rotatable bonds is 2. The molecule has 1 aromatic heterocycles. The number of nitrogens with one attached hydrogen (secondary N) is 2. The van der Waals surface area contributed by atoms with Gasteiger partial charge in [-0.05, 0) is 17.7 Å². The first-order valence-corrected chi connectivity index (χ1v) is 3.91. The number of hydrogen-bond acceptors (Lipinski definition) is 3. The van der Waals surface area contributed by atoms with Crippen LogP contribution in [0.2, 0.25) is 0 Å². The van der Waals surface area contributed by atoms with Crippen LogP contribution in [-0.4, -0.2) is 17.0 Å². The number of carbonyl (C=O) groups is 2. The zero-order valence-corrected chi connectivity index (χ0v) is 7.36. The molecule has 6 nitrogen and oxygen atoms in total. The maximum absolute atomic E-state index is 10.9. The molecule has 0 saturated carbocycles. The van der Waals surface area contributed by atoms with Crippen molar-refractivity contribution in [2.24, 2.45) is 5.73 Å². The van der Waals surface area contributed by atoms with Crippen molar-refractivity contribution in [2.75, 3.05) is 0 Å². The molecule has 14 heavy (non-hydrogen) atoms. The lowest BCUT2D eigenvalue weighted by Gasteiger charge is -2.03. The lowest BCUT2D eigenvalue weighted by atomic mass is 10.3. The van der Waals surface area contributed by atoms with E-state index in [-0.39, 0.29) is 0 Å². The van der Waals surface area contributed by atoms with E-state index in [9.17, 15) is 9.59 Å². The molecule has 0 radical (unpaired) electrons. The molecule has 0 spiro atoms. The number of pyridine rings is 1. The molecule has 0 atom stereocenters. The van der Waals surface area contributed by atoms with Crippen LogP contribution in [0.25, 0.3) is 0 Å². The number of imide groups is 1. The van der Waals surface area contributed by atoms with Crippen LogP contribution in [0.15, 0.2) is 24.5 Å². The number of primary amides is 1. The lowest BCUT2D eigenvalue weighted by Crippen LogP contribution is -2.41. The fraction of sp³-hybridized carbons (Fsp3) is 0.125. The van der Waals surface area contributed by atoms with Gasteiger partial charge in [-0.3, -0.25) is 10.3 Å². The van der Waals surface area contributed by atoms with Crippen molar-refractivity contribution in [1.29, 1.82) is 0 Å². The number of nitrogens with two attached hydrogens (primary N) is 1. The summed E-state index contributed by atoms with van der Waals surface area (Å²) >= 11 is 0. The van der Waals surface area contributed by atoms with Crippen LogP contribution in [0.5, 0.6) is 0 Å². The highest BCUT2D eigenvalue weighted by Crippen LogP contribution is 1.94. The summed E-state index contributed by atoms with van der Waals surface area (Å²) in [5.74, 6) is 0. The molecule has 1 heterocycles. The third-order valence-electron chi connectivity index (χ3n) is 1.44.